The molecule has 342 valence electrons. The van der Waals surface area contributed by atoms with Gasteiger partial charge in [0, 0.05) is 51.4 Å². The quantitative estimate of drug-likeness (QED) is 0.188. The molecule has 1 amide bonds. The number of hydrogen-bond donors (Lipinski definition) is 1. The Morgan fingerprint density at radius 3 is 2.10 bits per heavy atom. The van der Waals surface area contributed by atoms with Gasteiger partial charge in [-0.2, -0.15) is 0 Å². The van der Waals surface area contributed by atoms with Crippen molar-refractivity contribution in [2.24, 2.45) is 29.4 Å². The van der Waals surface area contributed by atoms with Gasteiger partial charge >= 0.3 is 18.0 Å². The highest BCUT2D eigenvalue weighted by Gasteiger charge is 2.68. The first-order valence-electron chi connectivity index (χ1n) is 21.4. The molecule has 5 fully saturated rings. The van der Waals surface area contributed by atoms with Crippen molar-refractivity contribution in [3.8, 4) is 0 Å². The molecule has 5 aliphatic rings. The van der Waals surface area contributed by atoms with Gasteiger partial charge in [0.2, 0.25) is 0 Å². The van der Waals surface area contributed by atoms with Crippen LogP contribution in [0.25, 0.3) is 0 Å². The van der Waals surface area contributed by atoms with Crippen molar-refractivity contribution in [2.75, 3.05) is 27.4 Å². The van der Waals surface area contributed by atoms with Gasteiger partial charge in [0.15, 0.2) is 24.3 Å². The number of rotatable bonds is 10. The number of amides is 1. The van der Waals surface area contributed by atoms with Crippen LogP contribution < -0.4 is 5.73 Å². The molecule has 0 radical (unpaired) electrons. The fraction of sp³-hybridized carbons (Fsp3) is 0.884. The Balaban J connectivity index is 1.66. The molecule has 0 aromatic carbocycles. The number of ether oxygens (including phenoxy) is 10. The highest BCUT2D eigenvalue weighted by molar-refractivity contribution is 5.87. The van der Waals surface area contributed by atoms with Crippen LogP contribution in [0.2, 0.25) is 0 Å². The average molecular weight is 855 g/mol. The highest BCUT2D eigenvalue weighted by Crippen LogP contribution is 2.52. The van der Waals surface area contributed by atoms with E-state index in [1.165, 1.54) is 25.9 Å². The Labute approximate surface area is 354 Å². The molecule has 5 rings (SSSR count). The van der Waals surface area contributed by atoms with Crippen LogP contribution in [0.4, 0.5) is 4.79 Å². The van der Waals surface area contributed by atoms with E-state index in [-0.39, 0.29) is 43.5 Å². The zero-order valence-corrected chi connectivity index (χ0v) is 38.0. The predicted octanol–water partition coefficient (Wildman–Crippen LogP) is 3.87. The van der Waals surface area contributed by atoms with Crippen LogP contribution in [-0.2, 0) is 66.5 Å². The molecule has 60 heavy (non-hydrogen) atoms. The van der Waals surface area contributed by atoms with Gasteiger partial charge in [-0.15, -0.1) is 0 Å². The van der Waals surface area contributed by atoms with Crippen LogP contribution >= 0.6 is 0 Å². The minimum Gasteiger partial charge on any atom is -0.458 e. The number of hydrogen-bond acceptors (Lipinski definition) is 16. The second-order valence-corrected chi connectivity index (χ2v) is 18.6. The summed E-state index contributed by atoms with van der Waals surface area (Å²) in [4.78, 5) is 69.3. The van der Waals surface area contributed by atoms with Crippen molar-refractivity contribution in [2.45, 2.75) is 192 Å². The van der Waals surface area contributed by atoms with E-state index in [0.717, 1.165) is 0 Å². The van der Waals surface area contributed by atoms with Gasteiger partial charge in [-0.25, -0.2) is 4.79 Å². The van der Waals surface area contributed by atoms with E-state index in [0.29, 0.717) is 13.0 Å². The number of esters is 2. The molecule has 0 bridgehead atoms. The minimum atomic E-state index is -1.52. The lowest BCUT2D eigenvalue weighted by Gasteiger charge is -2.50. The van der Waals surface area contributed by atoms with Gasteiger partial charge in [0.05, 0.1) is 55.1 Å². The first-order valence-corrected chi connectivity index (χ1v) is 21.4. The molecule has 0 unspecified atom stereocenters. The summed E-state index contributed by atoms with van der Waals surface area (Å²) in [5, 5.41) is 0. The van der Waals surface area contributed by atoms with Crippen LogP contribution in [0.15, 0.2) is 0 Å². The van der Waals surface area contributed by atoms with E-state index in [4.69, 9.17) is 53.1 Å². The molecule has 5 aliphatic heterocycles. The Kier molecular flexibility index (Phi) is 14.6. The number of nitrogens with two attached hydrogens (primary N) is 1. The molecule has 1 spiro atoms. The van der Waals surface area contributed by atoms with Gasteiger partial charge in [0.1, 0.15) is 28.9 Å². The third kappa shape index (κ3) is 9.01. The van der Waals surface area contributed by atoms with E-state index < -0.39 is 119 Å². The van der Waals surface area contributed by atoms with Crippen molar-refractivity contribution in [1.82, 2.24) is 4.90 Å². The number of fused-ring (bicyclic) bond motifs is 1. The Morgan fingerprint density at radius 2 is 1.55 bits per heavy atom. The lowest BCUT2D eigenvalue weighted by atomic mass is 9.73. The molecule has 2 N–H and O–H groups in total. The average Bonchev–Trinajstić information content (AvgIpc) is 3.95. The molecule has 5 saturated heterocycles. The highest BCUT2D eigenvalue weighted by atomic mass is 16.7. The summed E-state index contributed by atoms with van der Waals surface area (Å²) in [5.74, 6) is -5.18. The molecule has 0 aromatic rings. The summed E-state index contributed by atoms with van der Waals surface area (Å²) in [5.41, 5.74) is 2.27. The van der Waals surface area contributed by atoms with Gasteiger partial charge in [-0.05, 0) is 67.7 Å². The lowest BCUT2D eigenvalue weighted by Crippen LogP contribution is -2.62. The first kappa shape index (κ1) is 48.3. The number of nitrogens with zero attached hydrogens (tertiary/aromatic N) is 1. The number of methoxy groups -OCH3 is 2. The molecule has 17 nitrogen and oxygen atoms in total. The number of ketones is 2. The van der Waals surface area contributed by atoms with Crippen molar-refractivity contribution < 1.29 is 71.3 Å². The van der Waals surface area contributed by atoms with E-state index in [9.17, 15) is 24.0 Å². The van der Waals surface area contributed by atoms with Gasteiger partial charge in [-0.1, -0.05) is 27.7 Å². The molecule has 17 heteroatoms. The third-order valence-corrected chi connectivity index (χ3v) is 14.1. The zero-order valence-electron chi connectivity index (χ0n) is 38.0. The molecule has 0 aliphatic carbocycles. The second-order valence-electron chi connectivity index (χ2n) is 18.6. The smallest absolute Gasteiger partial charge is 0.411 e. The van der Waals surface area contributed by atoms with Gasteiger partial charge in [-0.3, -0.25) is 24.1 Å². The van der Waals surface area contributed by atoms with E-state index in [2.05, 4.69) is 0 Å². The topological polar surface area (TPSA) is 210 Å². The summed E-state index contributed by atoms with van der Waals surface area (Å²) in [7, 11) is 3.12. The van der Waals surface area contributed by atoms with Crippen molar-refractivity contribution in [3.05, 3.63) is 0 Å². The predicted molar refractivity (Wildman–Crippen MR) is 213 cm³/mol. The molecule has 0 saturated carbocycles. The maximum absolute atomic E-state index is 14.8. The Hall–Kier alpha value is -2.77. The van der Waals surface area contributed by atoms with E-state index in [1.807, 2.05) is 27.7 Å². The van der Waals surface area contributed by atoms with Crippen LogP contribution in [0.1, 0.15) is 109 Å². The van der Waals surface area contributed by atoms with Crippen LogP contribution in [0.3, 0.4) is 0 Å². The summed E-state index contributed by atoms with van der Waals surface area (Å²) in [6.07, 6.45) is -6.83. The number of carbonyl (C=O) groups excluding carboxylic acids is 5. The number of cyclic esters (lactones) is 1. The lowest BCUT2D eigenvalue weighted by molar-refractivity contribution is -0.314. The van der Waals surface area contributed by atoms with Crippen LogP contribution in [-0.4, -0.2) is 146 Å². The Morgan fingerprint density at radius 1 is 0.900 bits per heavy atom. The van der Waals surface area contributed by atoms with E-state index in [1.54, 1.807) is 48.7 Å². The number of Topliss-reactive ketones (excluding diaryl/α,β-unsaturated/α-hetero) is 2. The maximum atomic E-state index is 14.8. The SMILES string of the molecule is CC[C@H]1OC(=O)[C@H](C)[C@@H](O[C@H]2C[C@@](C)(OC)[C@@]3(CO3)[C@H](C)O2)[C@H](C)[C@@H](O[C@@H]2O[C@H](C)C[C@H](N)[C@H]2OC(C)=O)[C@@](C)(OC)C[C@@H](C)C(=O)[C@H](C)[C@H]2N(CC(C)=O)C(=O)O[C@]12C. The fourth-order valence-corrected chi connectivity index (χ4v) is 10.6. The molecule has 18 atom stereocenters. The second kappa shape index (κ2) is 18.1. The normalized spacial score (nSPS) is 46.6. The van der Waals surface area contributed by atoms with Crippen molar-refractivity contribution in [1.29, 1.82) is 0 Å². The zero-order chi connectivity index (χ0) is 44.9. The summed E-state index contributed by atoms with van der Waals surface area (Å²) in [6, 6.07) is -1.61. The molecular formula is C43H70N2O15. The first-order chi connectivity index (χ1) is 27.9. The fourth-order valence-electron chi connectivity index (χ4n) is 10.6. The monoisotopic (exact) mass is 854 g/mol. The minimum absolute atomic E-state index is 0.0838. The van der Waals surface area contributed by atoms with Gasteiger partial charge < -0.3 is 53.1 Å². The van der Waals surface area contributed by atoms with Gasteiger partial charge in [0.25, 0.3) is 0 Å². The van der Waals surface area contributed by atoms with Crippen LogP contribution in [0, 0.1) is 23.7 Å². The summed E-state index contributed by atoms with van der Waals surface area (Å²) < 4.78 is 63.2. The molecule has 0 aromatic heterocycles. The third-order valence-electron chi connectivity index (χ3n) is 14.1. The number of carbonyl (C=O) groups is 5. The van der Waals surface area contributed by atoms with Crippen molar-refractivity contribution in [3.63, 3.8) is 0 Å². The standard InChI is InChI=1S/C43H70N2O15/c1-15-30-42(12)35(45(19-22(3)46)39(50)60-42)24(5)32(48)21(2)17-40(10,51-13)36(59-38-34(56-28(9)47)29(44)16-23(4)54-38)25(6)33(26(7)37(49)57-30)58-31-18-41(11,52-14)43(20-53-43)27(8)55-31/h21,23-27,29-31,33-36,38H,15-20,44H2,1-14H3/t21-,23-,24+,25+,26-,27+,29+,30-,31+,33+,34-,35-,36-,38+,40+,41-,42-,43-/m1/s1. The number of epoxide rings is 1. The summed E-state index contributed by atoms with van der Waals surface area (Å²) >= 11 is 0. The largest absolute Gasteiger partial charge is 0.458 e. The molecule has 5 heterocycles. The maximum Gasteiger partial charge on any atom is 0.411 e. The van der Waals surface area contributed by atoms with Crippen molar-refractivity contribution >= 4 is 29.6 Å². The van der Waals surface area contributed by atoms with Crippen LogP contribution in [0.5, 0.6) is 0 Å². The summed E-state index contributed by atoms with van der Waals surface area (Å²) in [6.45, 7) is 20.7. The Bertz CT molecular complexity index is 1610. The van der Waals surface area contributed by atoms with E-state index >= 15 is 0 Å². The molecular weight excluding hydrogens is 784 g/mol.